The molecular weight excluding hydrogens is 228 g/mol. The van der Waals surface area contributed by atoms with E-state index in [2.05, 4.69) is 24.3 Å². The molecule has 0 fully saturated rings. The fourth-order valence-corrected chi connectivity index (χ4v) is 1.63. The SMILES string of the molecule is CC(C)C(C)NC(=O)CN(C)Cc1cnn(C)c1. The number of hydrogen-bond acceptors (Lipinski definition) is 3. The molecule has 1 aromatic heterocycles. The molecule has 102 valence electrons. The van der Waals surface area contributed by atoms with Crippen LogP contribution >= 0.6 is 0 Å². The number of carbonyl (C=O) groups is 1. The van der Waals surface area contributed by atoms with Gasteiger partial charge in [-0.3, -0.25) is 14.4 Å². The predicted molar refractivity (Wildman–Crippen MR) is 72.0 cm³/mol. The molecular formula is C13H24N4O. The lowest BCUT2D eigenvalue weighted by molar-refractivity contribution is -0.122. The van der Waals surface area contributed by atoms with Gasteiger partial charge in [-0.2, -0.15) is 5.10 Å². The number of nitrogens with one attached hydrogen (secondary N) is 1. The minimum Gasteiger partial charge on any atom is -0.352 e. The molecule has 1 unspecified atom stereocenters. The fourth-order valence-electron chi connectivity index (χ4n) is 1.63. The van der Waals surface area contributed by atoms with Crippen LogP contribution < -0.4 is 5.32 Å². The molecule has 0 radical (unpaired) electrons. The Balaban J connectivity index is 2.35. The molecule has 5 nitrogen and oxygen atoms in total. The molecule has 5 heteroatoms. The first-order valence-corrected chi connectivity index (χ1v) is 6.34. The summed E-state index contributed by atoms with van der Waals surface area (Å²) in [5.41, 5.74) is 1.12. The predicted octanol–water partition coefficient (Wildman–Crippen LogP) is 1.01. The van der Waals surface area contributed by atoms with E-state index in [-0.39, 0.29) is 11.9 Å². The second-order valence-corrected chi connectivity index (χ2v) is 5.29. The Bertz CT molecular complexity index is 386. The molecule has 1 N–H and O–H groups in total. The maximum Gasteiger partial charge on any atom is 0.234 e. The van der Waals surface area contributed by atoms with Gasteiger partial charge in [0, 0.05) is 31.4 Å². The molecule has 0 aliphatic heterocycles. The first-order valence-electron chi connectivity index (χ1n) is 6.34. The second kappa shape index (κ2) is 6.54. The number of nitrogens with zero attached hydrogens (tertiary/aromatic N) is 3. The van der Waals surface area contributed by atoms with Crippen LogP contribution in [0.15, 0.2) is 12.4 Å². The maximum atomic E-state index is 11.8. The van der Waals surface area contributed by atoms with Crippen LogP contribution in [0.25, 0.3) is 0 Å². The van der Waals surface area contributed by atoms with Crippen LogP contribution in [0.2, 0.25) is 0 Å². The molecule has 1 aromatic rings. The fraction of sp³-hybridized carbons (Fsp3) is 0.692. The summed E-state index contributed by atoms with van der Waals surface area (Å²) in [6.45, 7) is 7.38. The van der Waals surface area contributed by atoms with Gasteiger partial charge < -0.3 is 5.32 Å². The summed E-state index contributed by atoms with van der Waals surface area (Å²) in [5, 5.41) is 7.11. The summed E-state index contributed by atoms with van der Waals surface area (Å²) in [6, 6.07) is 0.212. The number of likely N-dealkylation sites (N-methyl/N-ethyl adjacent to an activating group) is 1. The van der Waals surface area contributed by atoms with E-state index >= 15 is 0 Å². The van der Waals surface area contributed by atoms with Crippen LogP contribution in [0.3, 0.4) is 0 Å². The van der Waals surface area contributed by atoms with Crippen LogP contribution in [-0.4, -0.2) is 40.2 Å². The molecule has 1 atom stereocenters. The smallest absolute Gasteiger partial charge is 0.234 e. The van der Waals surface area contributed by atoms with Crippen molar-refractivity contribution in [1.29, 1.82) is 0 Å². The highest BCUT2D eigenvalue weighted by Crippen LogP contribution is 2.02. The van der Waals surface area contributed by atoms with E-state index in [9.17, 15) is 4.79 Å². The first-order chi connectivity index (χ1) is 8.38. The topological polar surface area (TPSA) is 50.2 Å². The third-order valence-electron chi connectivity index (χ3n) is 3.01. The average Bonchev–Trinajstić information content (AvgIpc) is 2.62. The number of rotatable bonds is 6. The van der Waals surface area contributed by atoms with Gasteiger partial charge in [-0.25, -0.2) is 0 Å². The largest absolute Gasteiger partial charge is 0.352 e. The van der Waals surface area contributed by atoms with Crippen molar-refractivity contribution in [2.45, 2.75) is 33.4 Å². The summed E-state index contributed by atoms with van der Waals surface area (Å²) >= 11 is 0. The Morgan fingerprint density at radius 3 is 2.67 bits per heavy atom. The number of hydrogen-bond donors (Lipinski definition) is 1. The van der Waals surface area contributed by atoms with Gasteiger partial charge in [0.05, 0.1) is 12.7 Å². The number of carbonyl (C=O) groups excluding carboxylic acids is 1. The number of aryl methyl sites for hydroxylation is 1. The van der Waals surface area contributed by atoms with Crippen LogP contribution in [-0.2, 0) is 18.4 Å². The van der Waals surface area contributed by atoms with Gasteiger partial charge in [0.1, 0.15) is 0 Å². The quantitative estimate of drug-likeness (QED) is 0.822. The Labute approximate surface area is 109 Å². The van der Waals surface area contributed by atoms with Crippen molar-refractivity contribution in [3.8, 4) is 0 Å². The van der Waals surface area contributed by atoms with E-state index < -0.39 is 0 Å². The van der Waals surface area contributed by atoms with E-state index in [1.807, 2.05) is 38.3 Å². The summed E-state index contributed by atoms with van der Waals surface area (Å²) in [7, 11) is 3.83. The van der Waals surface area contributed by atoms with Gasteiger partial charge >= 0.3 is 0 Å². The highest BCUT2D eigenvalue weighted by molar-refractivity contribution is 5.78. The van der Waals surface area contributed by atoms with Gasteiger partial charge in [-0.15, -0.1) is 0 Å². The minimum absolute atomic E-state index is 0.0718. The molecule has 1 amide bonds. The maximum absolute atomic E-state index is 11.8. The summed E-state index contributed by atoms with van der Waals surface area (Å²) in [4.78, 5) is 13.8. The van der Waals surface area contributed by atoms with Gasteiger partial charge in [-0.1, -0.05) is 13.8 Å². The van der Waals surface area contributed by atoms with E-state index in [1.165, 1.54) is 0 Å². The molecule has 0 aliphatic rings. The van der Waals surface area contributed by atoms with Gasteiger partial charge in [-0.05, 0) is 19.9 Å². The summed E-state index contributed by atoms with van der Waals surface area (Å²) in [6.07, 6.45) is 3.79. The van der Waals surface area contributed by atoms with E-state index in [1.54, 1.807) is 4.68 Å². The summed E-state index contributed by atoms with van der Waals surface area (Å²) < 4.78 is 1.77. The normalized spacial score (nSPS) is 13.1. The zero-order valence-corrected chi connectivity index (χ0v) is 12.0. The van der Waals surface area contributed by atoms with E-state index in [0.717, 1.165) is 12.1 Å². The molecule has 1 rings (SSSR count). The van der Waals surface area contributed by atoms with Crippen molar-refractivity contribution in [1.82, 2.24) is 20.0 Å². The van der Waals surface area contributed by atoms with Crippen molar-refractivity contribution in [2.75, 3.05) is 13.6 Å². The Kier molecular flexibility index (Phi) is 5.34. The molecule has 18 heavy (non-hydrogen) atoms. The minimum atomic E-state index is 0.0718. The van der Waals surface area contributed by atoms with Crippen molar-refractivity contribution < 1.29 is 4.79 Å². The van der Waals surface area contributed by atoms with Crippen LogP contribution in [0, 0.1) is 5.92 Å². The highest BCUT2D eigenvalue weighted by Gasteiger charge is 2.12. The average molecular weight is 252 g/mol. The lowest BCUT2D eigenvalue weighted by atomic mass is 10.1. The molecule has 0 aliphatic carbocycles. The molecule has 0 aromatic carbocycles. The van der Waals surface area contributed by atoms with Gasteiger partial charge in [0.25, 0.3) is 0 Å². The van der Waals surface area contributed by atoms with Gasteiger partial charge in [0.15, 0.2) is 0 Å². The van der Waals surface area contributed by atoms with Crippen molar-refractivity contribution in [3.05, 3.63) is 18.0 Å². The third-order valence-corrected chi connectivity index (χ3v) is 3.01. The van der Waals surface area contributed by atoms with Crippen LogP contribution in [0.1, 0.15) is 26.3 Å². The monoisotopic (exact) mass is 252 g/mol. The second-order valence-electron chi connectivity index (χ2n) is 5.29. The van der Waals surface area contributed by atoms with Crippen molar-refractivity contribution in [3.63, 3.8) is 0 Å². The van der Waals surface area contributed by atoms with Crippen LogP contribution in [0.5, 0.6) is 0 Å². The molecule has 0 spiro atoms. The van der Waals surface area contributed by atoms with Crippen molar-refractivity contribution in [2.24, 2.45) is 13.0 Å². The molecule has 0 saturated heterocycles. The standard InChI is InChI=1S/C13H24N4O/c1-10(2)11(3)15-13(18)9-16(4)7-12-6-14-17(5)8-12/h6,8,10-11H,7,9H2,1-5H3,(H,15,18). The molecule has 1 heterocycles. The third kappa shape index (κ3) is 4.87. The number of aromatic nitrogens is 2. The highest BCUT2D eigenvalue weighted by atomic mass is 16.2. The molecule has 0 saturated carbocycles. The Morgan fingerprint density at radius 1 is 1.50 bits per heavy atom. The molecule has 0 bridgehead atoms. The van der Waals surface area contributed by atoms with E-state index in [0.29, 0.717) is 12.5 Å². The zero-order chi connectivity index (χ0) is 13.7. The Morgan fingerprint density at radius 2 is 2.17 bits per heavy atom. The van der Waals surface area contributed by atoms with Crippen LogP contribution in [0.4, 0.5) is 0 Å². The number of amides is 1. The lowest BCUT2D eigenvalue weighted by Crippen LogP contribution is -2.41. The zero-order valence-electron chi connectivity index (χ0n) is 12.0. The first kappa shape index (κ1) is 14.7. The van der Waals surface area contributed by atoms with E-state index in [4.69, 9.17) is 0 Å². The lowest BCUT2D eigenvalue weighted by Gasteiger charge is -2.20. The Hall–Kier alpha value is -1.36. The van der Waals surface area contributed by atoms with Crippen molar-refractivity contribution >= 4 is 5.91 Å². The summed E-state index contributed by atoms with van der Waals surface area (Å²) in [5.74, 6) is 0.528. The van der Waals surface area contributed by atoms with Gasteiger partial charge in [0.2, 0.25) is 5.91 Å².